The highest BCUT2D eigenvalue weighted by molar-refractivity contribution is 7.89. The molecule has 144 valence electrons. The second-order valence-electron chi connectivity index (χ2n) is 7.50. The van der Waals surface area contributed by atoms with Crippen molar-refractivity contribution in [2.45, 2.75) is 37.8 Å². The summed E-state index contributed by atoms with van der Waals surface area (Å²) in [7, 11) is -3.42. The van der Waals surface area contributed by atoms with Crippen LogP contribution in [0.3, 0.4) is 0 Å². The highest BCUT2D eigenvalue weighted by atomic mass is 32.2. The normalized spacial score (nSPS) is 28.1. The van der Waals surface area contributed by atoms with Crippen LogP contribution in [0.15, 0.2) is 24.3 Å². The lowest BCUT2D eigenvalue weighted by Crippen LogP contribution is -2.73. The minimum Gasteiger partial charge on any atom is -0.394 e. The van der Waals surface area contributed by atoms with Crippen LogP contribution in [-0.4, -0.2) is 66.2 Å². The van der Waals surface area contributed by atoms with Crippen LogP contribution in [0.1, 0.15) is 36.8 Å². The highest BCUT2D eigenvalue weighted by Gasteiger charge is 2.55. The van der Waals surface area contributed by atoms with E-state index >= 15 is 0 Å². The van der Waals surface area contributed by atoms with Crippen molar-refractivity contribution in [2.24, 2.45) is 5.92 Å². The summed E-state index contributed by atoms with van der Waals surface area (Å²) in [5.74, 6) is 6.64. The first-order chi connectivity index (χ1) is 12.9. The summed E-state index contributed by atoms with van der Waals surface area (Å²) in [4.78, 5) is 14.1. The topological polar surface area (TPSA) is 77.9 Å². The molecular weight excluding hydrogens is 364 g/mol. The number of nitrogens with zero attached hydrogens (tertiary/aromatic N) is 2. The smallest absolute Gasteiger partial charge is 0.238 e. The minimum atomic E-state index is -3.42. The molecule has 2 heterocycles. The van der Waals surface area contributed by atoms with Crippen LogP contribution in [0.5, 0.6) is 0 Å². The molecule has 3 atom stereocenters. The van der Waals surface area contributed by atoms with Gasteiger partial charge >= 0.3 is 0 Å². The number of carbonyl (C=O) groups excluding carboxylic acids is 1. The van der Waals surface area contributed by atoms with Crippen molar-refractivity contribution >= 4 is 15.9 Å². The predicted octanol–water partition coefficient (Wildman–Crippen LogP) is 0.769. The average Bonchev–Trinajstić information content (AvgIpc) is 3.47. The first-order valence-corrected chi connectivity index (χ1v) is 11.1. The van der Waals surface area contributed by atoms with Crippen molar-refractivity contribution < 1.29 is 18.3 Å². The highest BCUT2D eigenvalue weighted by Crippen LogP contribution is 2.43. The Morgan fingerprint density at radius 2 is 1.93 bits per heavy atom. The summed E-state index contributed by atoms with van der Waals surface area (Å²) >= 11 is 0. The zero-order valence-corrected chi connectivity index (χ0v) is 16.2. The van der Waals surface area contributed by atoms with Crippen LogP contribution in [0.25, 0.3) is 0 Å². The van der Waals surface area contributed by atoms with E-state index in [4.69, 9.17) is 0 Å². The molecule has 1 aromatic carbocycles. The van der Waals surface area contributed by atoms with Gasteiger partial charge in [-0.1, -0.05) is 24.0 Å². The molecule has 4 rings (SSSR count). The Labute approximate surface area is 160 Å². The summed E-state index contributed by atoms with van der Waals surface area (Å²) in [6.45, 7) is 1.61. The molecule has 0 unspecified atom stereocenters. The molecule has 3 aliphatic rings. The molecule has 27 heavy (non-hydrogen) atoms. The van der Waals surface area contributed by atoms with E-state index in [1.165, 1.54) is 17.1 Å². The van der Waals surface area contributed by atoms with Crippen molar-refractivity contribution in [3.63, 3.8) is 0 Å². The number of aliphatic hydroxyl groups is 1. The summed E-state index contributed by atoms with van der Waals surface area (Å²) < 4.78 is 25.8. The molecule has 3 fully saturated rings. The van der Waals surface area contributed by atoms with E-state index in [1.807, 2.05) is 24.3 Å². The van der Waals surface area contributed by atoms with Gasteiger partial charge in [0.2, 0.25) is 15.9 Å². The number of benzene rings is 1. The summed E-state index contributed by atoms with van der Waals surface area (Å²) in [6.07, 6.45) is 2.38. The molecule has 1 saturated carbocycles. The number of rotatable bonds is 4. The van der Waals surface area contributed by atoms with Gasteiger partial charge in [-0.2, -0.15) is 4.31 Å². The predicted molar refractivity (Wildman–Crippen MR) is 101 cm³/mol. The van der Waals surface area contributed by atoms with Crippen molar-refractivity contribution in [1.29, 1.82) is 0 Å². The molecular formula is C20H24N2O4S. The van der Waals surface area contributed by atoms with Gasteiger partial charge in [-0.05, 0) is 37.5 Å². The number of hydrogen-bond acceptors (Lipinski definition) is 4. The molecule has 0 bridgehead atoms. The second kappa shape index (κ2) is 6.93. The lowest BCUT2D eigenvalue weighted by Gasteiger charge is -2.58. The Kier molecular flexibility index (Phi) is 4.75. The molecule has 1 N–H and O–H groups in total. The van der Waals surface area contributed by atoms with Gasteiger partial charge in [0.15, 0.2) is 0 Å². The number of piperazine rings is 1. The Hall–Kier alpha value is -1.88. The standard InChI is InChI=1S/C20H24N2O4S/c1-2-27(25,26)21-11-17-20(18(13-23)22(17)19(24)12-21)16-9-7-15(8-10-16)6-5-14-3-4-14/h7-10,14,17-18,20,23H,2-4,11-13H2,1H3/t17-,18+,20-/m0/s1. The van der Waals surface area contributed by atoms with Crippen LogP contribution in [-0.2, 0) is 14.8 Å². The SMILES string of the molecule is CCS(=O)(=O)N1CC(=O)N2[C@H](CO)[C@@H](c3ccc(C#CC4CC4)cc3)[C@@H]2C1. The van der Waals surface area contributed by atoms with Gasteiger partial charge in [-0.25, -0.2) is 8.42 Å². The van der Waals surface area contributed by atoms with Gasteiger partial charge in [-0.3, -0.25) is 4.79 Å². The molecule has 0 aromatic heterocycles. The number of aliphatic hydroxyl groups excluding tert-OH is 1. The maximum absolute atomic E-state index is 12.5. The number of sulfonamides is 1. The van der Waals surface area contributed by atoms with Crippen LogP contribution in [0.2, 0.25) is 0 Å². The molecule has 0 radical (unpaired) electrons. The van der Waals surface area contributed by atoms with E-state index in [9.17, 15) is 18.3 Å². The molecule has 1 amide bonds. The molecule has 0 spiro atoms. The lowest BCUT2D eigenvalue weighted by molar-refractivity contribution is -0.158. The van der Waals surface area contributed by atoms with Gasteiger partial charge in [0.1, 0.15) is 0 Å². The third kappa shape index (κ3) is 3.38. The maximum atomic E-state index is 12.5. The fourth-order valence-corrected chi connectivity index (χ4v) is 5.12. The largest absolute Gasteiger partial charge is 0.394 e. The average molecular weight is 388 g/mol. The third-order valence-electron chi connectivity index (χ3n) is 5.77. The number of hydrogen-bond donors (Lipinski definition) is 1. The van der Waals surface area contributed by atoms with Crippen LogP contribution < -0.4 is 0 Å². The van der Waals surface area contributed by atoms with E-state index in [0.29, 0.717) is 5.92 Å². The Balaban J connectivity index is 1.56. The quantitative estimate of drug-likeness (QED) is 0.773. The van der Waals surface area contributed by atoms with Crippen molar-refractivity contribution in [3.8, 4) is 11.8 Å². The van der Waals surface area contributed by atoms with E-state index in [-0.39, 0.29) is 49.4 Å². The minimum absolute atomic E-state index is 0.0184. The molecule has 2 aliphatic heterocycles. The van der Waals surface area contributed by atoms with Gasteiger partial charge in [-0.15, -0.1) is 0 Å². The summed E-state index contributed by atoms with van der Waals surface area (Å²) in [5, 5.41) is 9.81. The second-order valence-corrected chi connectivity index (χ2v) is 9.76. The van der Waals surface area contributed by atoms with Gasteiger partial charge in [0.25, 0.3) is 0 Å². The zero-order valence-electron chi connectivity index (χ0n) is 15.3. The fraction of sp³-hybridized carbons (Fsp3) is 0.550. The first-order valence-electron chi connectivity index (χ1n) is 9.46. The van der Waals surface area contributed by atoms with Gasteiger partial charge in [0, 0.05) is 23.9 Å². The Morgan fingerprint density at radius 3 is 2.52 bits per heavy atom. The van der Waals surface area contributed by atoms with Crippen molar-refractivity contribution in [2.75, 3.05) is 25.4 Å². The van der Waals surface area contributed by atoms with Crippen LogP contribution >= 0.6 is 0 Å². The summed E-state index contributed by atoms with van der Waals surface area (Å²) in [5.41, 5.74) is 1.97. The monoisotopic (exact) mass is 388 g/mol. The lowest BCUT2D eigenvalue weighted by atomic mass is 9.74. The number of fused-ring (bicyclic) bond motifs is 1. The van der Waals surface area contributed by atoms with Crippen molar-refractivity contribution in [3.05, 3.63) is 35.4 Å². The Morgan fingerprint density at radius 1 is 1.22 bits per heavy atom. The number of carbonyl (C=O) groups is 1. The van der Waals surface area contributed by atoms with E-state index in [2.05, 4.69) is 11.8 Å². The molecule has 6 nitrogen and oxygen atoms in total. The first kappa shape index (κ1) is 18.5. The van der Waals surface area contributed by atoms with Gasteiger partial charge in [0.05, 0.1) is 31.0 Å². The van der Waals surface area contributed by atoms with E-state index in [0.717, 1.165) is 11.1 Å². The van der Waals surface area contributed by atoms with E-state index in [1.54, 1.807) is 11.8 Å². The van der Waals surface area contributed by atoms with Gasteiger partial charge < -0.3 is 10.0 Å². The maximum Gasteiger partial charge on any atom is 0.238 e. The van der Waals surface area contributed by atoms with Crippen LogP contribution in [0, 0.1) is 17.8 Å². The molecule has 1 aromatic rings. The molecule has 1 aliphatic carbocycles. The fourth-order valence-electron chi connectivity index (χ4n) is 4.07. The van der Waals surface area contributed by atoms with Crippen molar-refractivity contribution in [1.82, 2.24) is 9.21 Å². The molecule has 2 saturated heterocycles. The van der Waals surface area contributed by atoms with Crippen LogP contribution in [0.4, 0.5) is 0 Å². The molecule has 7 heteroatoms. The third-order valence-corrected chi connectivity index (χ3v) is 7.57. The van der Waals surface area contributed by atoms with E-state index < -0.39 is 10.0 Å². The number of amides is 1. The zero-order chi connectivity index (χ0) is 19.2. The Bertz CT molecular complexity index is 896. The summed E-state index contributed by atoms with van der Waals surface area (Å²) in [6, 6.07) is 7.38.